The minimum Gasteiger partial charge on any atom is -0.326 e. The zero-order chi connectivity index (χ0) is 8.91. The van der Waals surface area contributed by atoms with E-state index >= 15 is 0 Å². The molecule has 0 aromatic rings. The molecule has 0 aliphatic carbocycles. The predicted molar refractivity (Wildman–Crippen MR) is 51.5 cm³/mol. The number of hydrogen-bond donors (Lipinski definition) is 1. The quantitative estimate of drug-likeness (QED) is 0.621. The molecule has 1 heteroatoms. The molecule has 0 radical (unpaired) electrons. The molecular weight excluding hydrogens is 134 g/mol. The average molecular weight is 155 g/mol. The molecule has 2 N–H and O–H groups in total. The van der Waals surface area contributed by atoms with E-state index in [0.29, 0.717) is 0 Å². The van der Waals surface area contributed by atoms with E-state index in [1.54, 1.807) is 0 Å². The molecule has 0 fully saturated rings. The van der Waals surface area contributed by atoms with Crippen LogP contribution in [0.25, 0.3) is 0 Å². The fourth-order valence-corrected chi connectivity index (χ4v) is 0.835. The Morgan fingerprint density at radius 2 is 2.00 bits per heavy atom. The van der Waals surface area contributed by atoms with Crippen molar-refractivity contribution in [2.75, 3.05) is 0 Å². The van der Waals surface area contributed by atoms with E-state index in [1.807, 2.05) is 0 Å². The van der Waals surface area contributed by atoms with Crippen LogP contribution in [0.1, 0.15) is 47.0 Å². The largest absolute Gasteiger partial charge is 0.326 e. The number of allylic oxidation sites excluding steroid dienone is 2. The van der Waals surface area contributed by atoms with Gasteiger partial charge in [-0.05, 0) is 40.0 Å². The first-order chi connectivity index (χ1) is 4.95. The second kappa shape index (κ2) is 4.55. The summed E-state index contributed by atoms with van der Waals surface area (Å²) >= 11 is 0. The van der Waals surface area contributed by atoms with Crippen LogP contribution in [0.4, 0.5) is 0 Å². The van der Waals surface area contributed by atoms with Gasteiger partial charge in [-0.1, -0.05) is 18.6 Å². The maximum atomic E-state index is 5.83. The Morgan fingerprint density at radius 1 is 1.45 bits per heavy atom. The van der Waals surface area contributed by atoms with Crippen molar-refractivity contribution in [2.24, 2.45) is 5.73 Å². The summed E-state index contributed by atoms with van der Waals surface area (Å²) in [6.07, 6.45) is 5.63. The van der Waals surface area contributed by atoms with Gasteiger partial charge in [0.1, 0.15) is 0 Å². The third-order valence-electron chi connectivity index (χ3n) is 1.84. The molecule has 0 aromatic heterocycles. The Hall–Kier alpha value is -0.300. The van der Waals surface area contributed by atoms with Crippen LogP contribution in [0.15, 0.2) is 11.6 Å². The van der Waals surface area contributed by atoms with Crippen molar-refractivity contribution >= 4 is 0 Å². The molecule has 0 unspecified atom stereocenters. The van der Waals surface area contributed by atoms with E-state index in [-0.39, 0.29) is 5.54 Å². The number of nitrogens with two attached hydrogens (primary N) is 1. The van der Waals surface area contributed by atoms with Gasteiger partial charge in [0.2, 0.25) is 0 Å². The van der Waals surface area contributed by atoms with E-state index in [4.69, 9.17) is 5.73 Å². The van der Waals surface area contributed by atoms with Crippen LogP contribution in [-0.2, 0) is 0 Å². The van der Waals surface area contributed by atoms with Crippen LogP contribution in [0.3, 0.4) is 0 Å². The van der Waals surface area contributed by atoms with Crippen molar-refractivity contribution in [3.8, 4) is 0 Å². The average Bonchev–Trinajstić information content (AvgIpc) is 1.85. The SMILES string of the molecule is CC/C(C)=C/CCC(C)(C)N. The smallest absolute Gasteiger partial charge is 0.01000 e. The van der Waals surface area contributed by atoms with E-state index < -0.39 is 0 Å². The van der Waals surface area contributed by atoms with Gasteiger partial charge in [0.15, 0.2) is 0 Å². The minimum atomic E-state index is -0.00940. The first-order valence-electron chi connectivity index (χ1n) is 4.40. The maximum Gasteiger partial charge on any atom is 0.01000 e. The second-order valence-electron chi connectivity index (χ2n) is 3.93. The third kappa shape index (κ3) is 7.60. The van der Waals surface area contributed by atoms with Gasteiger partial charge in [0, 0.05) is 5.54 Å². The van der Waals surface area contributed by atoms with Crippen molar-refractivity contribution in [3.63, 3.8) is 0 Å². The highest BCUT2D eigenvalue weighted by atomic mass is 14.7. The van der Waals surface area contributed by atoms with Crippen LogP contribution in [0.5, 0.6) is 0 Å². The summed E-state index contributed by atoms with van der Waals surface area (Å²) in [7, 11) is 0. The molecule has 11 heavy (non-hydrogen) atoms. The van der Waals surface area contributed by atoms with Gasteiger partial charge in [0.05, 0.1) is 0 Å². The van der Waals surface area contributed by atoms with E-state index in [2.05, 4.69) is 33.8 Å². The van der Waals surface area contributed by atoms with Gasteiger partial charge in [0.25, 0.3) is 0 Å². The Bertz CT molecular complexity index is 128. The molecular formula is C10H21N. The lowest BCUT2D eigenvalue weighted by atomic mass is 9.99. The summed E-state index contributed by atoms with van der Waals surface area (Å²) in [5.74, 6) is 0. The molecule has 0 atom stereocenters. The second-order valence-corrected chi connectivity index (χ2v) is 3.93. The molecule has 0 heterocycles. The van der Waals surface area contributed by atoms with Crippen molar-refractivity contribution in [2.45, 2.75) is 52.5 Å². The minimum absolute atomic E-state index is 0.00940. The summed E-state index contributed by atoms with van der Waals surface area (Å²) in [5.41, 5.74) is 7.29. The molecule has 0 aromatic carbocycles. The number of rotatable bonds is 4. The summed E-state index contributed by atoms with van der Waals surface area (Å²) in [6, 6.07) is 0. The van der Waals surface area contributed by atoms with E-state index in [9.17, 15) is 0 Å². The number of hydrogen-bond acceptors (Lipinski definition) is 1. The fraction of sp³-hybridized carbons (Fsp3) is 0.800. The van der Waals surface area contributed by atoms with Gasteiger partial charge in [-0.25, -0.2) is 0 Å². The molecule has 0 rings (SSSR count). The van der Waals surface area contributed by atoms with Crippen LogP contribution < -0.4 is 5.73 Å². The van der Waals surface area contributed by atoms with Crippen molar-refractivity contribution in [3.05, 3.63) is 11.6 Å². The predicted octanol–water partition coefficient (Wildman–Crippen LogP) is 2.86. The molecule has 0 bridgehead atoms. The molecule has 0 saturated heterocycles. The first-order valence-corrected chi connectivity index (χ1v) is 4.40. The Morgan fingerprint density at radius 3 is 2.36 bits per heavy atom. The molecule has 0 aliphatic heterocycles. The highest BCUT2D eigenvalue weighted by Gasteiger charge is 2.07. The van der Waals surface area contributed by atoms with E-state index in [0.717, 1.165) is 19.3 Å². The Kier molecular flexibility index (Phi) is 4.43. The van der Waals surface area contributed by atoms with Gasteiger partial charge in [-0.15, -0.1) is 0 Å². The first kappa shape index (κ1) is 10.7. The van der Waals surface area contributed by atoms with Gasteiger partial charge < -0.3 is 5.73 Å². The van der Waals surface area contributed by atoms with Crippen LogP contribution >= 0.6 is 0 Å². The topological polar surface area (TPSA) is 26.0 Å². The summed E-state index contributed by atoms with van der Waals surface area (Å²) in [6.45, 7) is 8.49. The molecule has 0 amide bonds. The zero-order valence-electron chi connectivity index (χ0n) is 8.28. The van der Waals surface area contributed by atoms with Gasteiger partial charge in [-0.2, -0.15) is 0 Å². The van der Waals surface area contributed by atoms with Gasteiger partial charge in [-0.3, -0.25) is 0 Å². The lowest BCUT2D eigenvalue weighted by molar-refractivity contribution is 0.481. The lowest BCUT2D eigenvalue weighted by Crippen LogP contribution is -2.31. The lowest BCUT2D eigenvalue weighted by Gasteiger charge is -2.16. The Labute approximate surface area is 70.7 Å². The van der Waals surface area contributed by atoms with Crippen LogP contribution in [0, 0.1) is 0 Å². The fourth-order valence-electron chi connectivity index (χ4n) is 0.835. The highest BCUT2D eigenvalue weighted by molar-refractivity contribution is 4.97. The van der Waals surface area contributed by atoms with Crippen molar-refractivity contribution in [1.29, 1.82) is 0 Å². The molecule has 0 saturated carbocycles. The van der Waals surface area contributed by atoms with Gasteiger partial charge >= 0.3 is 0 Å². The summed E-state index contributed by atoms with van der Waals surface area (Å²) in [4.78, 5) is 0. The van der Waals surface area contributed by atoms with Crippen molar-refractivity contribution in [1.82, 2.24) is 0 Å². The third-order valence-corrected chi connectivity index (χ3v) is 1.84. The highest BCUT2D eigenvalue weighted by Crippen LogP contribution is 2.09. The molecule has 0 aliphatic rings. The maximum absolute atomic E-state index is 5.83. The molecule has 1 nitrogen and oxygen atoms in total. The Balaban J connectivity index is 3.57. The molecule has 66 valence electrons. The zero-order valence-corrected chi connectivity index (χ0v) is 8.28. The summed E-state index contributed by atoms with van der Waals surface area (Å²) in [5, 5.41) is 0. The van der Waals surface area contributed by atoms with Crippen LogP contribution in [-0.4, -0.2) is 5.54 Å². The van der Waals surface area contributed by atoms with Crippen molar-refractivity contribution < 1.29 is 0 Å². The van der Waals surface area contributed by atoms with E-state index in [1.165, 1.54) is 5.57 Å². The van der Waals surface area contributed by atoms with Crippen LogP contribution in [0.2, 0.25) is 0 Å². The standard InChI is InChI=1S/C10H21N/c1-5-9(2)7-6-8-10(3,4)11/h7H,5-6,8,11H2,1-4H3/b9-7+. The summed E-state index contributed by atoms with van der Waals surface area (Å²) < 4.78 is 0. The molecule has 0 spiro atoms. The monoisotopic (exact) mass is 155 g/mol. The normalized spacial score (nSPS) is 13.7.